The second kappa shape index (κ2) is 3.15. The molecule has 1 fully saturated rings. The number of likely N-dealkylation sites (N-methyl/N-ethyl adjacent to an activating group) is 1. The van der Waals surface area contributed by atoms with Gasteiger partial charge in [-0.1, -0.05) is 0 Å². The molecule has 1 N–H and O–H groups in total. The van der Waals surface area contributed by atoms with E-state index in [-0.39, 0.29) is 6.29 Å². The maximum absolute atomic E-state index is 5.22. The van der Waals surface area contributed by atoms with Crippen LogP contribution in [-0.2, 0) is 9.47 Å². The van der Waals surface area contributed by atoms with Gasteiger partial charge in [0.1, 0.15) is 0 Å². The van der Waals surface area contributed by atoms with Crippen molar-refractivity contribution in [2.45, 2.75) is 19.3 Å². The molecule has 1 aliphatic heterocycles. The Labute approximate surface area is 55.3 Å². The molecule has 0 saturated carbocycles. The van der Waals surface area contributed by atoms with Crippen molar-refractivity contribution in [1.29, 1.82) is 0 Å². The van der Waals surface area contributed by atoms with Gasteiger partial charge in [-0.25, -0.2) is 0 Å². The van der Waals surface area contributed by atoms with Crippen molar-refractivity contribution < 1.29 is 9.47 Å². The van der Waals surface area contributed by atoms with Crippen LogP contribution in [0.3, 0.4) is 0 Å². The number of nitrogens with one attached hydrogen (secondary N) is 1. The lowest BCUT2D eigenvalue weighted by atomic mass is 10.3. The Morgan fingerprint density at radius 2 is 2.00 bits per heavy atom. The van der Waals surface area contributed by atoms with E-state index in [2.05, 4.69) is 5.32 Å². The van der Waals surface area contributed by atoms with E-state index in [9.17, 15) is 0 Å². The lowest BCUT2D eigenvalue weighted by molar-refractivity contribution is -0.0615. The predicted octanol–water partition coefficient (Wildman–Crippen LogP) is -0.0328. The molecule has 54 valence electrons. The molecule has 1 rings (SSSR count). The molecule has 3 heteroatoms. The summed E-state index contributed by atoms with van der Waals surface area (Å²) < 4.78 is 10.4. The highest BCUT2D eigenvalue weighted by molar-refractivity contribution is 4.64. The van der Waals surface area contributed by atoms with Crippen LogP contribution >= 0.6 is 0 Å². The molecule has 0 aromatic heterocycles. The molecular weight excluding hydrogens is 118 g/mol. The van der Waals surface area contributed by atoms with E-state index in [4.69, 9.17) is 9.47 Å². The Kier molecular flexibility index (Phi) is 2.45. The summed E-state index contributed by atoms with van der Waals surface area (Å²) >= 11 is 0. The lowest BCUT2D eigenvalue weighted by Crippen LogP contribution is -2.35. The van der Waals surface area contributed by atoms with Gasteiger partial charge < -0.3 is 14.8 Å². The molecule has 0 aromatic carbocycles. The van der Waals surface area contributed by atoms with Gasteiger partial charge >= 0.3 is 0 Å². The molecule has 0 radical (unpaired) electrons. The van der Waals surface area contributed by atoms with Crippen LogP contribution in [0.25, 0.3) is 0 Å². The van der Waals surface area contributed by atoms with E-state index in [1.54, 1.807) is 0 Å². The van der Waals surface area contributed by atoms with Crippen molar-refractivity contribution in [3.63, 3.8) is 0 Å². The van der Waals surface area contributed by atoms with Crippen LogP contribution in [-0.4, -0.2) is 32.6 Å². The Balaban J connectivity index is 2.24. The minimum Gasteiger partial charge on any atom is -0.349 e. The normalized spacial score (nSPS) is 24.7. The Morgan fingerprint density at radius 3 is 2.44 bits per heavy atom. The van der Waals surface area contributed by atoms with Crippen molar-refractivity contribution in [1.82, 2.24) is 5.32 Å². The first-order valence-electron chi connectivity index (χ1n) is 3.25. The van der Waals surface area contributed by atoms with Gasteiger partial charge in [0.25, 0.3) is 0 Å². The highest BCUT2D eigenvalue weighted by Crippen LogP contribution is 2.06. The third kappa shape index (κ3) is 1.64. The van der Waals surface area contributed by atoms with Gasteiger partial charge in [0.2, 0.25) is 0 Å². The highest BCUT2D eigenvalue weighted by Gasteiger charge is 2.20. The van der Waals surface area contributed by atoms with Gasteiger partial charge in [-0.05, 0) is 14.0 Å². The molecule has 1 atom stereocenters. The van der Waals surface area contributed by atoms with Gasteiger partial charge in [0.05, 0.1) is 19.3 Å². The fourth-order valence-corrected chi connectivity index (χ4v) is 0.801. The first-order chi connectivity index (χ1) is 4.34. The third-order valence-corrected chi connectivity index (χ3v) is 1.51. The number of hydrogen-bond acceptors (Lipinski definition) is 3. The molecule has 1 saturated heterocycles. The summed E-state index contributed by atoms with van der Waals surface area (Å²) in [7, 11) is 1.90. The van der Waals surface area contributed by atoms with E-state index in [1.807, 2.05) is 14.0 Å². The van der Waals surface area contributed by atoms with E-state index in [0.29, 0.717) is 6.04 Å². The molecule has 1 heterocycles. The number of ether oxygens (including phenoxy) is 2. The molecule has 9 heavy (non-hydrogen) atoms. The molecule has 3 nitrogen and oxygen atoms in total. The van der Waals surface area contributed by atoms with Crippen LogP contribution in [0.15, 0.2) is 0 Å². The molecule has 0 aromatic rings. The second-order valence-corrected chi connectivity index (χ2v) is 2.19. The first kappa shape index (κ1) is 6.99. The van der Waals surface area contributed by atoms with E-state index >= 15 is 0 Å². The highest BCUT2D eigenvalue weighted by atomic mass is 16.7. The standard InChI is InChI=1S/C6H13NO2/c1-5(7-2)6-8-3-4-9-6/h5-7H,3-4H2,1-2H3. The van der Waals surface area contributed by atoms with Crippen LogP contribution in [0.2, 0.25) is 0 Å². The van der Waals surface area contributed by atoms with Crippen LogP contribution in [0.1, 0.15) is 6.92 Å². The summed E-state index contributed by atoms with van der Waals surface area (Å²) in [5.41, 5.74) is 0. The summed E-state index contributed by atoms with van der Waals surface area (Å²) in [6, 6.07) is 0.299. The first-order valence-corrected chi connectivity index (χ1v) is 3.25. The van der Waals surface area contributed by atoms with Gasteiger partial charge in [0.15, 0.2) is 6.29 Å². The van der Waals surface area contributed by atoms with Crippen molar-refractivity contribution in [2.24, 2.45) is 0 Å². The van der Waals surface area contributed by atoms with Gasteiger partial charge in [-0.15, -0.1) is 0 Å². The van der Waals surface area contributed by atoms with E-state index in [0.717, 1.165) is 13.2 Å². The zero-order valence-corrected chi connectivity index (χ0v) is 5.89. The average molecular weight is 131 g/mol. The van der Waals surface area contributed by atoms with Crippen LogP contribution in [0.4, 0.5) is 0 Å². The van der Waals surface area contributed by atoms with Crippen LogP contribution < -0.4 is 5.32 Å². The topological polar surface area (TPSA) is 30.5 Å². The lowest BCUT2D eigenvalue weighted by Gasteiger charge is -2.15. The molecule has 0 aliphatic carbocycles. The summed E-state index contributed by atoms with van der Waals surface area (Å²) in [6.45, 7) is 3.50. The van der Waals surface area contributed by atoms with Crippen molar-refractivity contribution >= 4 is 0 Å². The van der Waals surface area contributed by atoms with E-state index in [1.165, 1.54) is 0 Å². The Bertz CT molecular complexity index is 81.1. The monoisotopic (exact) mass is 131 g/mol. The zero-order chi connectivity index (χ0) is 6.69. The summed E-state index contributed by atoms with van der Waals surface area (Å²) in [5, 5.41) is 3.06. The fourth-order valence-electron chi connectivity index (χ4n) is 0.801. The average Bonchev–Trinajstić information content (AvgIpc) is 2.37. The quantitative estimate of drug-likeness (QED) is 0.570. The SMILES string of the molecule is CNC(C)C1OCCO1. The van der Waals surface area contributed by atoms with E-state index < -0.39 is 0 Å². The smallest absolute Gasteiger partial charge is 0.172 e. The molecular formula is C6H13NO2. The van der Waals surface area contributed by atoms with Crippen molar-refractivity contribution in [2.75, 3.05) is 20.3 Å². The predicted molar refractivity (Wildman–Crippen MR) is 34.2 cm³/mol. The molecule has 1 unspecified atom stereocenters. The van der Waals surface area contributed by atoms with Gasteiger partial charge in [0, 0.05) is 0 Å². The largest absolute Gasteiger partial charge is 0.349 e. The summed E-state index contributed by atoms with van der Waals surface area (Å²) in [4.78, 5) is 0. The van der Waals surface area contributed by atoms with Crippen LogP contribution in [0.5, 0.6) is 0 Å². The molecule has 0 amide bonds. The Hall–Kier alpha value is -0.120. The molecule has 0 spiro atoms. The second-order valence-electron chi connectivity index (χ2n) is 2.19. The van der Waals surface area contributed by atoms with Gasteiger partial charge in [-0.3, -0.25) is 0 Å². The van der Waals surface area contributed by atoms with Crippen molar-refractivity contribution in [3.8, 4) is 0 Å². The summed E-state index contributed by atoms with van der Waals surface area (Å²) in [5.74, 6) is 0. The number of rotatable bonds is 2. The minimum atomic E-state index is -0.0324. The van der Waals surface area contributed by atoms with Gasteiger partial charge in [-0.2, -0.15) is 0 Å². The zero-order valence-electron chi connectivity index (χ0n) is 5.89. The Morgan fingerprint density at radius 1 is 1.44 bits per heavy atom. The minimum absolute atomic E-state index is 0.0324. The van der Waals surface area contributed by atoms with Crippen LogP contribution in [0, 0.1) is 0 Å². The maximum atomic E-state index is 5.22. The van der Waals surface area contributed by atoms with Crippen molar-refractivity contribution in [3.05, 3.63) is 0 Å². The number of hydrogen-bond donors (Lipinski definition) is 1. The fraction of sp³-hybridized carbons (Fsp3) is 1.00. The molecule has 1 aliphatic rings. The molecule has 0 bridgehead atoms. The third-order valence-electron chi connectivity index (χ3n) is 1.51. The summed E-state index contributed by atoms with van der Waals surface area (Å²) in [6.07, 6.45) is -0.0324. The maximum Gasteiger partial charge on any atom is 0.172 e.